The van der Waals surface area contributed by atoms with Crippen molar-refractivity contribution >= 4 is 23.1 Å². The second-order valence-electron chi connectivity index (χ2n) is 9.33. The Morgan fingerprint density at radius 1 is 1.24 bits per heavy atom. The van der Waals surface area contributed by atoms with Gasteiger partial charge in [-0.2, -0.15) is 5.26 Å². The van der Waals surface area contributed by atoms with Crippen LogP contribution in [0.25, 0.3) is 5.65 Å². The van der Waals surface area contributed by atoms with Gasteiger partial charge in [0.25, 0.3) is 5.56 Å². The Labute approximate surface area is 197 Å². The van der Waals surface area contributed by atoms with E-state index in [1.54, 1.807) is 30.5 Å². The van der Waals surface area contributed by atoms with Gasteiger partial charge in [0.15, 0.2) is 11.4 Å². The number of benzene rings is 1. The largest absolute Gasteiger partial charge is 0.478 e. The van der Waals surface area contributed by atoms with Crippen LogP contribution in [0.5, 0.6) is 0 Å². The highest BCUT2D eigenvalue weighted by atomic mass is 16.4. The van der Waals surface area contributed by atoms with E-state index < -0.39 is 5.97 Å². The van der Waals surface area contributed by atoms with Crippen LogP contribution >= 0.6 is 0 Å². The number of aromatic carboxylic acids is 1. The molecule has 3 atom stereocenters. The number of anilines is 2. The minimum absolute atomic E-state index is 0.0877. The number of nitriles is 1. The monoisotopic (exact) mass is 457 g/mol. The number of carboxylic acid groups (broad SMARTS) is 1. The smallest absolute Gasteiger partial charge is 0.337 e. The number of aromatic nitrogens is 2. The SMILES string of the molecule is Cc1cc(C(C)Nc2ccccc2C(=O)O)c2nc(N3C4CCCC3CC4)c(C#N)c(=O)n2c1. The first kappa shape index (κ1) is 22.0. The third-order valence-corrected chi connectivity index (χ3v) is 7.12. The molecule has 8 heteroatoms. The van der Waals surface area contributed by atoms with E-state index in [4.69, 9.17) is 4.98 Å². The molecule has 2 aromatic heterocycles. The Morgan fingerprint density at radius 2 is 1.94 bits per heavy atom. The zero-order valence-electron chi connectivity index (χ0n) is 19.3. The van der Waals surface area contributed by atoms with Gasteiger partial charge in [-0.15, -0.1) is 0 Å². The first-order valence-electron chi connectivity index (χ1n) is 11.7. The lowest BCUT2D eigenvalue weighted by Crippen LogP contribution is -2.42. The van der Waals surface area contributed by atoms with Crippen molar-refractivity contribution < 1.29 is 9.90 Å². The third kappa shape index (κ3) is 3.58. The van der Waals surface area contributed by atoms with E-state index in [-0.39, 0.29) is 22.7 Å². The van der Waals surface area contributed by atoms with Crippen LogP contribution in [-0.2, 0) is 0 Å². The number of hydrogen-bond donors (Lipinski definition) is 2. The number of carboxylic acids is 1. The summed E-state index contributed by atoms with van der Waals surface area (Å²) in [6.07, 6.45) is 7.08. The topological polar surface area (TPSA) is 111 Å². The lowest BCUT2D eigenvalue weighted by Gasteiger charge is -2.36. The Balaban J connectivity index is 1.66. The van der Waals surface area contributed by atoms with E-state index >= 15 is 0 Å². The molecule has 34 heavy (non-hydrogen) atoms. The summed E-state index contributed by atoms with van der Waals surface area (Å²) in [5.74, 6) is -0.525. The minimum Gasteiger partial charge on any atom is -0.478 e. The molecule has 0 amide bonds. The zero-order chi connectivity index (χ0) is 24.0. The Kier molecular flexibility index (Phi) is 5.48. The van der Waals surface area contributed by atoms with Crippen LogP contribution in [0.2, 0.25) is 0 Å². The molecular formula is C26H27N5O3. The van der Waals surface area contributed by atoms with Gasteiger partial charge in [0.1, 0.15) is 11.7 Å². The second kappa shape index (κ2) is 8.49. The number of rotatable bonds is 5. The summed E-state index contributed by atoms with van der Waals surface area (Å²) >= 11 is 0. The molecule has 3 aromatic rings. The van der Waals surface area contributed by atoms with Gasteiger partial charge in [-0.05, 0) is 69.7 Å². The Bertz CT molecular complexity index is 1370. The molecule has 0 spiro atoms. The molecule has 8 nitrogen and oxygen atoms in total. The Morgan fingerprint density at radius 3 is 2.62 bits per heavy atom. The summed E-state index contributed by atoms with van der Waals surface area (Å²) < 4.78 is 1.46. The fourth-order valence-electron chi connectivity index (χ4n) is 5.57. The van der Waals surface area contributed by atoms with Gasteiger partial charge < -0.3 is 15.3 Å². The molecule has 2 aliphatic rings. The molecule has 0 aliphatic carbocycles. The number of para-hydroxylation sites is 1. The molecule has 4 heterocycles. The van der Waals surface area contributed by atoms with Gasteiger partial charge in [0.2, 0.25) is 0 Å². The average molecular weight is 458 g/mol. The molecule has 5 rings (SSSR count). The van der Waals surface area contributed by atoms with Gasteiger partial charge in [-0.1, -0.05) is 12.1 Å². The predicted octanol–water partition coefficient (Wildman–Crippen LogP) is 4.27. The summed E-state index contributed by atoms with van der Waals surface area (Å²) in [4.78, 5) is 32.3. The maximum absolute atomic E-state index is 13.5. The van der Waals surface area contributed by atoms with Crippen molar-refractivity contribution in [3.8, 4) is 6.07 Å². The maximum Gasteiger partial charge on any atom is 0.337 e. The summed E-state index contributed by atoms with van der Waals surface area (Å²) in [5.41, 5.74) is 2.50. The predicted molar refractivity (Wildman–Crippen MR) is 129 cm³/mol. The van der Waals surface area contributed by atoms with Crippen molar-refractivity contribution in [1.82, 2.24) is 9.38 Å². The molecule has 3 unspecified atom stereocenters. The van der Waals surface area contributed by atoms with Crippen LogP contribution in [0.4, 0.5) is 11.5 Å². The summed E-state index contributed by atoms with van der Waals surface area (Å²) in [6, 6.07) is 11.1. The average Bonchev–Trinajstić information content (AvgIpc) is 3.06. The first-order chi connectivity index (χ1) is 16.4. The van der Waals surface area contributed by atoms with Crippen LogP contribution in [-0.4, -0.2) is 32.5 Å². The molecular weight excluding hydrogens is 430 g/mol. The number of nitrogens with zero attached hydrogens (tertiary/aromatic N) is 4. The van der Waals surface area contributed by atoms with Crippen molar-refractivity contribution in [3.05, 3.63) is 69.1 Å². The minimum atomic E-state index is -1.01. The van der Waals surface area contributed by atoms with E-state index in [1.165, 1.54) is 4.40 Å². The fourth-order valence-corrected chi connectivity index (χ4v) is 5.57. The highest BCUT2D eigenvalue weighted by Crippen LogP contribution is 2.39. The van der Waals surface area contributed by atoms with Gasteiger partial charge >= 0.3 is 5.97 Å². The highest BCUT2D eigenvalue weighted by Gasteiger charge is 2.39. The third-order valence-electron chi connectivity index (χ3n) is 7.12. The van der Waals surface area contributed by atoms with Crippen molar-refractivity contribution in [1.29, 1.82) is 5.26 Å². The molecule has 2 N–H and O–H groups in total. The quantitative estimate of drug-likeness (QED) is 0.589. The number of aryl methyl sites for hydroxylation is 1. The van der Waals surface area contributed by atoms with Crippen molar-refractivity contribution in [2.24, 2.45) is 0 Å². The van der Waals surface area contributed by atoms with E-state index in [0.29, 0.717) is 29.2 Å². The van der Waals surface area contributed by atoms with Crippen LogP contribution in [0, 0.1) is 18.3 Å². The molecule has 0 radical (unpaired) electrons. The summed E-state index contributed by atoms with van der Waals surface area (Å²) in [5, 5.41) is 22.8. The number of carbonyl (C=O) groups is 1. The Hall–Kier alpha value is -3.86. The number of pyridine rings is 1. The van der Waals surface area contributed by atoms with E-state index in [0.717, 1.165) is 43.2 Å². The molecule has 2 fully saturated rings. The lowest BCUT2D eigenvalue weighted by molar-refractivity contribution is 0.0698. The normalized spacial score (nSPS) is 20.2. The molecule has 174 valence electrons. The molecule has 2 aliphatic heterocycles. The fraction of sp³-hybridized carbons (Fsp3) is 0.385. The lowest BCUT2D eigenvalue weighted by atomic mass is 10.0. The van der Waals surface area contributed by atoms with Gasteiger partial charge in [0.05, 0.1) is 11.6 Å². The van der Waals surface area contributed by atoms with E-state index in [9.17, 15) is 20.0 Å². The van der Waals surface area contributed by atoms with E-state index in [2.05, 4.69) is 16.3 Å². The number of fused-ring (bicyclic) bond motifs is 3. The van der Waals surface area contributed by atoms with E-state index in [1.807, 2.05) is 19.9 Å². The number of piperidine rings is 1. The maximum atomic E-state index is 13.5. The molecule has 1 aromatic carbocycles. The summed E-state index contributed by atoms with van der Waals surface area (Å²) in [6.45, 7) is 3.81. The molecule has 2 bridgehead atoms. The molecule has 0 saturated carbocycles. The first-order valence-corrected chi connectivity index (χ1v) is 11.7. The molecule has 2 saturated heterocycles. The van der Waals surface area contributed by atoms with Crippen molar-refractivity contribution in [2.45, 2.75) is 64.1 Å². The van der Waals surface area contributed by atoms with Gasteiger partial charge in [0, 0.05) is 29.5 Å². The van der Waals surface area contributed by atoms with Crippen LogP contribution in [0.15, 0.2) is 41.3 Å². The number of nitrogens with one attached hydrogen (secondary N) is 1. The van der Waals surface area contributed by atoms with Crippen LogP contribution in [0.3, 0.4) is 0 Å². The van der Waals surface area contributed by atoms with Gasteiger partial charge in [-0.3, -0.25) is 9.20 Å². The second-order valence-corrected chi connectivity index (χ2v) is 9.33. The summed E-state index contributed by atoms with van der Waals surface area (Å²) in [7, 11) is 0. The van der Waals surface area contributed by atoms with Crippen LogP contribution < -0.4 is 15.8 Å². The highest BCUT2D eigenvalue weighted by molar-refractivity contribution is 5.94. The standard InChI is InChI=1S/C26H27N5O3/c1-15-12-20(16(2)28-22-9-4-3-8-19(22)26(33)34)23-29-24(21(13-27)25(32)30(23)14-15)31-17-6-5-7-18(31)11-10-17/h3-4,8-9,12,14,16-18,28H,5-7,10-11H2,1-2H3,(H,33,34). The van der Waals surface area contributed by atoms with Crippen molar-refractivity contribution in [3.63, 3.8) is 0 Å². The zero-order valence-corrected chi connectivity index (χ0v) is 19.3. The van der Waals surface area contributed by atoms with Crippen molar-refractivity contribution in [2.75, 3.05) is 10.2 Å². The van der Waals surface area contributed by atoms with Crippen LogP contribution in [0.1, 0.15) is 72.1 Å². The van der Waals surface area contributed by atoms with Gasteiger partial charge in [-0.25, -0.2) is 9.78 Å². The number of hydrogen-bond acceptors (Lipinski definition) is 6.